The van der Waals surface area contributed by atoms with Crippen molar-refractivity contribution in [1.29, 1.82) is 0 Å². The summed E-state index contributed by atoms with van der Waals surface area (Å²) in [4.78, 5) is 24.0. The molecule has 3 aliphatic rings. The molecule has 1 spiro atoms. The number of ketones is 2. The molecule has 3 heteroatoms. The molecule has 2 saturated heterocycles. The lowest BCUT2D eigenvalue weighted by Gasteiger charge is -2.40. The number of hydrogen-bond acceptors (Lipinski definition) is 3. The summed E-state index contributed by atoms with van der Waals surface area (Å²) < 4.78 is 6.00. The Balaban J connectivity index is 2.05. The van der Waals surface area contributed by atoms with Crippen LogP contribution in [-0.2, 0) is 14.3 Å². The molecule has 0 aromatic heterocycles. The van der Waals surface area contributed by atoms with Crippen LogP contribution in [0.4, 0.5) is 0 Å². The van der Waals surface area contributed by atoms with Gasteiger partial charge in [0.15, 0.2) is 5.78 Å². The van der Waals surface area contributed by atoms with Crippen LogP contribution in [0.3, 0.4) is 0 Å². The third-order valence-electron chi connectivity index (χ3n) is 5.31. The molecule has 0 radical (unpaired) electrons. The minimum Gasteiger partial charge on any atom is -0.363 e. The lowest BCUT2D eigenvalue weighted by atomic mass is 9.66. The van der Waals surface area contributed by atoms with Crippen LogP contribution in [0.2, 0.25) is 0 Å². The third kappa shape index (κ3) is 1.21. The monoisotopic (exact) mass is 236 g/mol. The first-order valence-electron chi connectivity index (χ1n) is 6.63. The predicted molar refractivity (Wildman–Crippen MR) is 62.5 cm³/mol. The van der Waals surface area contributed by atoms with Gasteiger partial charge in [0.25, 0.3) is 0 Å². The quantitative estimate of drug-likeness (QED) is 0.700. The molecule has 1 saturated carbocycles. The number of ether oxygens (including phenoxy) is 1. The van der Waals surface area contributed by atoms with Gasteiger partial charge >= 0.3 is 0 Å². The highest BCUT2D eigenvalue weighted by molar-refractivity contribution is 5.90. The van der Waals surface area contributed by atoms with E-state index in [0.29, 0.717) is 24.5 Å². The van der Waals surface area contributed by atoms with Crippen LogP contribution in [0.1, 0.15) is 46.5 Å². The molecule has 3 nitrogen and oxygen atoms in total. The second kappa shape index (κ2) is 3.19. The smallest absolute Gasteiger partial charge is 0.161 e. The lowest BCUT2D eigenvalue weighted by molar-refractivity contribution is -0.151. The van der Waals surface area contributed by atoms with Gasteiger partial charge in [0.2, 0.25) is 0 Å². The van der Waals surface area contributed by atoms with E-state index in [1.54, 1.807) is 0 Å². The van der Waals surface area contributed by atoms with Gasteiger partial charge in [0.1, 0.15) is 11.9 Å². The van der Waals surface area contributed by atoms with Gasteiger partial charge in [-0.1, -0.05) is 20.8 Å². The fraction of sp³-hybridized carbons (Fsp3) is 0.857. The zero-order valence-electron chi connectivity index (χ0n) is 10.8. The number of fused-ring (bicyclic) bond motifs is 1. The van der Waals surface area contributed by atoms with Gasteiger partial charge in [-0.05, 0) is 18.8 Å². The Morgan fingerprint density at radius 1 is 1.29 bits per heavy atom. The van der Waals surface area contributed by atoms with E-state index in [-0.39, 0.29) is 28.8 Å². The van der Waals surface area contributed by atoms with Crippen molar-refractivity contribution in [3.8, 4) is 0 Å². The summed E-state index contributed by atoms with van der Waals surface area (Å²) in [6.45, 7) is 6.38. The van der Waals surface area contributed by atoms with E-state index in [1.165, 1.54) is 0 Å². The molecule has 0 aromatic carbocycles. The molecule has 2 heterocycles. The maximum absolute atomic E-state index is 12.2. The van der Waals surface area contributed by atoms with Crippen molar-refractivity contribution in [3.63, 3.8) is 0 Å². The summed E-state index contributed by atoms with van der Waals surface area (Å²) in [7, 11) is 0. The van der Waals surface area contributed by atoms with Gasteiger partial charge in [0.05, 0.1) is 5.60 Å². The third-order valence-corrected chi connectivity index (χ3v) is 5.31. The van der Waals surface area contributed by atoms with E-state index in [1.807, 2.05) is 0 Å². The number of Topliss-reactive ketones (excluding diaryl/α,β-unsaturated/α-hetero) is 2. The second-order valence-electron chi connectivity index (χ2n) is 6.55. The number of carbonyl (C=O) groups is 2. The normalized spacial score (nSPS) is 48.9. The zero-order valence-corrected chi connectivity index (χ0v) is 10.8. The molecule has 3 rings (SSSR count). The number of rotatable bonds is 1. The van der Waals surface area contributed by atoms with Crippen LogP contribution < -0.4 is 0 Å². The Morgan fingerprint density at radius 3 is 2.65 bits per heavy atom. The average molecular weight is 236 g/mol. The Bertz CT molecular complexity index is 400. The lowest BCUT2D eigenvalue weighted by Crippen LogP contribution is -2.44. The van der Waals surface area contributed by atoms with Crippen LogP contribution in [0.5, 0.6) is 0 Å². The molecular formula is C14H20O3. The molecule has 94 valence electrons. The number of carbonyl (C=O) groups excluding carboxylic acids is 2. The van der Waals surface area contributed by atoms with Crippen molar-refractivity contribution in [1.82, 2.24) is 0 Å². The largest absolute Gasteiger partial charge is 0.363 e. The van der Waals surface area contributed by atoms with Crippen molar-refractivity contribution in [2.75, 3.05) is 0 Å². The molecule has 0 unspecified atom stereocenters. The van der Waals surface area contributed by atoms with E-state index in [4.69, 9.17) is 4.74 Å². The minimum absolute atomic E-state index is 0.0680. The molecular weight excluding hydrogens is 216 g/mol. The van der Waals surface area contributed by atoms with E-state index in [9.17, 15) is 9.59 Å². The first-order chi connectivity index (χ1) is 7.90. The minimum atomic E-state index is -0.322. The molecule has 2 aliphatic heterocycles. The molecule has 0 amide bonds. The molecule has 17 heavy (non-hydrogen) atoms. The van der Waals surface area contributed by atoms with Gasteiger partial charge in [-0.3, -0.25) is 9.59 Å². The Kier molecular flexibility index (Phi) is 2.14. The summed E-state index contributed by atoms with van der Waals surface area (Å²) in [5.41, 5.74) is -0.438. The molecule has 4 atom stereocenters. The molecule has 3 fully saturated rings. The summed E-state index contributed by atoms with van der Waals surface area (Å²) in [6.07, 6.45) is 2.38. The highest BCUT2D eigenvalue weighted by Gasteiger charge is 2.69. The van der Waals surface area contributed by atoms with Gasteiger partial charge in [-0.2, -0.15) is 0 Å². The Morgan fingerprint density at radius 2 is 2.00 bits per heavy atom. The van der Waals surface area contributed by atoms with Crippen LogP contribution in [0, 0.1) is 17.3 Å². The fourth-order valence-electron chi connectivity index (χ4n) is 4.63. The Hall–Kier alpha value is -0.700. The van der Waals surface area contributed by atoms with Crippen molar-refractivity contribution in [2.24, 2.45) is 17.3 Å². The van der Waals surface area contributed by atoms with Crippen LogP contribution >= 0.6 is 0 Å². The van der Waals surface area contributed by atoms with Gasteiger partial charge in [0, 0.05) is 24.2 Å². The molecule has 0 N–H and O–H groups in total. The van der Waals surface area contributed by atoms with Gasteiger partial charge in [-0.25, -0.2) is 0 Å². The first kappa shape index (κ1) is 11.4. The maximum atomic E-state index is 12.2. The highest BCUT2D eigenvalue weighted by atomic mass is 16.5. The summed E-state index contributed by atoms with van der Waals surface area (Å²) in [5, 5.41) is 0. The van der Waals surface area contributed by atoms with E-state index in [0.717, 1.165) is 12.8 Å². The zero-order chi connectivity index (χ0) is 12.4. The van der Waals surface area contributed by atoms with Crippen molar-refractivity contribution in [2.45, 2.75) is 58.2 Å². The summed E-state index contributed by atoms with van der Waals surface area (Å²) in [6, 6.07) is 0. The molecule has 0 aromatic rings. The van der Waals surface area contributed by atoms with Crippen molar-refractivity contribution in [3.05, 3.63) is 0 Å². The predicted octanol–water partition coefficient (Wildman–Crippen LogP) is 2.13. The van der Waals surface area contributed by atoms with E-state index >= 15 is 0 Å². The Labute approximate surface area is 102 Å². The van der Waals surface area contributed by atoms with Crippen LogP contribution in [0.15, 0.2) is 0 Å². The molecule has 1 aliphatic carbocycles. The first-order valence-corrected chi connectivity index (χ1v) is 6.63. The standard InChI is InChI=1S/C14H20O3/c1-8(2)12-10(16)6-14-5-4-9(15)11(17-14)7-13(12,14)3/h8,11-12H,4-7H2,1-3H3/t11-,12+,13-,14+/m1/s1. The maximum Gasteiger partial charge on any atom is 0.161 e. The van der Waals surface area contributed by atoms with Crippen molar-refractivity contribution < 1.29 is 14.3 Å². The van der Waals surface area contributed by atoms with E-state index in [2.05, 4.69) is 20.8 Å². The van der Waals surface area contributed by atoms with Crippen LogP contribution in [0.25, 0.3) is 0 Å². The topological polar surface area (TPSA) is 43.4 Å². The average Bonchev–Trinajstić information content (AvgIpc) is 2.54. The van der Waals surface area contributed by atoms with E-state index < -0.39 is 0 Å². The van der Waals surface area contributed by atoms with Gasteiger partial charge in [-0.15, -0.1) is 0 Å². The highest BCUT2D eigenvalue weighted by Crippen LogP contribution is 2.63. The second-order valence-corrected chi connectivity index (χ2v) is 6.55. The van der Waals surface area contributed by atoms with Gasteiger partial charge < -0.3 is 4.74 Å². The SMILES string of the molecule is CC(C)[C@H]1C(=O)C[C@@]23CCC(=O)[C@@H](C[C@]12C)O3. The summed E-state index contributed by atoms with van der Waals surface area (Å²) >= 11 is 0. The van der Waals surface area contributed by atoms with Crippen LogP contribution in [-0.4, -0.2) is 23.3 Å². The summed E-state index contributed by atoms with van der Waals surface area (Å²) in [5.74, 6) is 0.986. The molecule has 2 bridgehead atoms. The van der Waals surface area contributed by atoms with Crippen molar-refractivity contribution >= 4 is 11.6 Å². The number of hydrogen-bond donors (Lipinski definition) is 0. The fourth-order valence-corrected chi connectivity index (χ4v) is 4.63.